The maximum atomic E-state index is 13.5. The Morgan fingerprint density at radius 3 is 2.64 bits per heavy atom. The third-order valence-corrected chi connectivity index (χ3v) is 10.1. The Morgan fingerprint density at radius 2 is 1.98 bits per heavy atom. The van der Waals surface area contributed by atoms with Gasteiger partial charge in [-0.05, 0) is 77.3 Å². The number of carbonyl (C=O) groups is 1. The molecule has 3 aromatic heterocycles. The van der Waals surface area contributed by atoms with E-state index in [4.69, 9.17) is 24.5 Å². The Balaban J connectivity index is 1.60. The normalized spacial score (nSPS) is 15.8. The van der Waals surface area contributed by atoms with Gasteiger partial charge in [0.15, 0.2) is 11.8 Å². The van der Waals surface area contributed by atoms with Gasteiger partial charge in [-0.3, -0.25) is 0 Å². The van der Waals surface area contributed by atoms with Gasteiger partial charge in [-0.1, -0.05) is 47.1 Å². The molecule has 0 aliphatic carbocycles. The van der Waals surface area contributed by atoms with Gasteiger partial charge in [0.1, 0.15) is 16.5 Å². The van der Waals surface area contributed by atoms with Crippen molar-refractivity contribution in [2.24, 2.45) is 5.41 Å². The first kappa shape index (κ1) is 33.3. The van der Waals surface area contributed by atoms with Crippen molar-refractivity contribution in [3.05, 3.63) is 75.4 Å². The lowest BCUT2D eigenvalue weighted by Crippen LogP contribution is -2.41. The molecule has 0 N–H and O–H groups in total. The lowest BCUT2D eigenvalue weighted by atomic mass is 9.76. The first-order chi connectivity index (χ1) is 21.4. The van der Waals surface area contributed by atoms with Crippen molar-refractivity contribution in [1.82, 2.24) is 19.6 Å². The summed E-state index contributed by atoms with van der Waals surface area (Å²) in [4.78, 5) is 26.8. The summed E-state index contributed by atoms with van der Waals surface area (Å²) in [6, 6.07) is 10.2. The minimum Gasteiger partial charge on any atom is -0.464 e. The van der Waals surface area contributed by atoms with Gasteiger partial charge in [-0.25, -0.2) is 14.8 Å². The first-order valence-electron chi connectivity index (χ1n) is 15.7. The van der Waals surface area contributed by atoms with Gasteiger partial charge in [-0.15, -0.1) is 17.9 Å². The van der Waals surface area contributed by atoms with Crippen molar-refractivity contribution in [2.75, 3.05) is 24.6 Å². The third kappa shape index (κ3) is 7.67. The predicted octanol–water partition coefficient (Wildman–Crippen LogP) is 8.51. The second-order valence-electron chi connectivity index (χ2n) is 13.1. The molecule has 0 amide bonds. The topological polar surface area (TPSA) is 81.8 Å². The highest BCUT2D eigenvalue weighted by atomic mass is 79.9. The Hall–Kier alpha value is -3.08. The van der Waals surface area contributed by atoms with Gasteiger partial charge in [0.25, 0.3) is 0 Å². The van der Waals surface area contributed by atoms with Crippen LogP contribution in [0.3, 0.4) is 0 Å². The van der Waals surface area contributed by atoms with Gasteiger partial charge < -0.3 is 14.4 Å². The van der Waals surface area contributed by atoms with E-state index in [1.807, 2.05) is 69.6 Å². The fourth-order valence-electron chi connectivity index (χ4n) is 5.92. The number of hydrogen-bond donors (Lipinski definition) is 0. The van der Waals surface area contributed by atoms with Crippen LogP contribution in [0.25, 0.3) is 16.3 Å². The number of halogens is 1. The fraction of sp³-hybridized carbons (Fsp3) is 0.486. The van der Waals surface area contributed by atoms with Gasteiger partial charge >= 0.3 is 5.97 Å². The first-order valence-corrected chi connectivity index (χ1v) is 17.3. The van der Waals surface area contributed by atoms with Crippen LogP contribution in [0.1, 0.15) is 88.1 Å². The van der Waals surface area contributed by atoms with E-state index in [1.165, 1.54) is 5.56 Å². The number of esters is 1. The molecule has 4 aromatic rings. The molecule has 1 saturated heterocycles. The summed E-state index contributed by atoms with van der Waals surface area (Å²) in [6.07, 6.45) is 7.92. The number of thiazole rings is 1. The summed E-state index contributed by atoms with van der Waals surface area (Å²) >= 11 is 5.30. The van der Waals surface area contributed by atoms with Crippen LogP contribution in [0.15, 0.2) is 53.7 Å². The third-order valence-electron chi connectivity index (χ3n) is 8.36. The van der Waals surface area contributed by atoms with E-state index in [0.29, 0.717) is 11.2 Å². The van der Waals surface area contributed by atoms with E-state index >= 15 is 0 Å². The lowest BCUT2D eigenvalue weighted by molar-refractivity contribution is -0.166. The van der Waals surface area contributed by atoms with Crippen LogP contribution >= 0.6 is 27.3 Å². The number of benzene rings is 1. The van der Waals surface area contributed by atoms with Crippen LogP contribution in [0, 0.1) is 12.3 Å². The van der Waals surface area contributed by atoms with Crippen molar-refractivity contribution in [3.63, 3.8) is 0 Å². The van der Waals surface area contributed by atoms with Crippen LogP contribution in [0.2, 0.25) is 0 Å². The minimum atomic E-state index is -0.950. The molecule has 8 nitrogen and oxygen atoms in total. The number of hydrogen-bond acceptors (Lipinski definition) is 8. The van der Waals surface area contributed by atoms with Crippen LogP contribution < -0.4 is 4.90 Å². The predicted molar refractivity (Wildman–Crippen MR) is 185 cm³/mol. The summed E-state index contributed by atoms with van der Waals surface area (Å²) in [7, 11) is 0. The highest BCUT2D eigenvalue weighted by Crippen LogP contribution is 2.41. The molecule has 10 heteroatoms. The maximum Gasteiger partial charge on any atom is 0.340 e. The number of aryl methyl sites for hydroxylation is 1. The Morgan fingerprint density at radius 1 is 1.24 bits per heavy atom. The Kier molecular flexibility index (Phi) is 10.2. The van der Waals surface area contributed by atoms with Crippen LogP contribution in [-0.2, 0) is 20.7 Å². The van der Waals surface area contributed by atoms with Crippen LogP contribution in [0.5, 0.6) is 0 Å². The number of rotatable bonds is 11. The molecule has 240 valence electrons. The molecule has 5 rings (SSSR count). The molecule has 45 heavy (non-hydrogen) atoms. The SMILES string of the molecule is C=CCCC1(C)CCN(c2c([C@H](OC(C)(C)C)C(=O)OCC)c(C)nc3cc(-c4ncc(Cc5ccccc5Br)s4)nn23)CC1. The lowest BCUT2D eigenvalue weighted by Gasteiger charge is -2.41. The van der Waals surface area contributed by atoms with Gasteiger partial charge in [0.05, 0.1) is 17.8 Å². The summed E-state index contributed by atoms with van der Waals surface area (Å²) in [5.74, 6) is 0.414. The number of anilines is 1. The zero-order chi connectivity index (χ0) is 32.4. The fourth-order valence-corrected chi connectivity index (χ4v) is 7.24. The van der Waals surface area contributed by atoms with E-state index in [1.54, 1.807) is 11.3 Å². The zero-order valence-corrected chi connectivity index (χ0v) is 29.6. The van der Waals surface area contributed by atoms with Crippen molar-refractivity contribution >= 4 is 44.7 Å². The highest BCUT2D eigenvalue weighted by molar-refractivity contribution is 9.10. The Bertz CT molecular complexity index is 1670. The highest BCUT2D eigenvalue weighted by Gasteiger charge is 2.38. The molecule has 0 bridgehead atoms. The largest absolute Gasteiger partial charge is 0.464 e. The molecular weight excluding hydrogens is 650 g/mol. The summed E-state index contributed by atoms with van der Waals surface area (Å²) < 4.78 is 15.0. The van der Waals surface area contributed by atoms with Crippen LogP contribution in [0.4, 0.5) is 5.82 Å². The molecule has 1 fully saturated rings. The summed E-state index contributed by atoms with van der Waals surface area (Å²) in [6.45, 7) is 17.8. The quantitative estimate of drug-likeness (QED) is 0.115. The number of fused-ring (bicyclic) bond motifs is 1. The maximum absolute atomic E-state index is 13.5. The standard InChI is InChI=1S/C35H44BrN5O3S/c1-8-10-15-35(7)16-18-40(19-17-35)32-29(30(33(42)43-9-2)44-34(4,5)6)23(3)38-28-21-27(39-41(28)32)31-37-22-25(45-31)20-24-13-11-12-14-26(24)36/h8,11-14,21-22,30H,1,9-10,15-20H2,2-7H3/t30-/m0/s1. The number of nitrogens with zero attached hydrogens (tertiary/aromatic N) is 5. The molecule has 0 unspecified atom stereocenters. The second-order valence-corrected chi connectivity index (χ2v) is 15.1. The molecule has 0 saturated carbocycles. The molecule has 0 spiro atoms. The van der Waals surface area contributed by atoms with Gasteiger partial charge in [0.2, 0.25) is 0 Å². The van der Waals surface area contributed by atoms with Crippen LogP contribution in [-0.4, -0.2) is 50.8 Å². The zero-order valence-electron chi connectivity index (χ0n) is 27.2. The van der Waals surface area contributed by atoms with Crippen molar-refractivity contribution in [1.29, 1.82) is 0 Å². The second kappa shape index (κ2) is 13.7. The van der Waals surface area contributed by atoms with Crippen molar-refractivity contribution in [3.8, 4) is 10.7 Å². The summed E-state index contributed by atoms with van der Waals surface area (Å²) in [5.41, 5.74) is 3.73. The van der Waals surface area contributed by atoms with E-state index in [-0.39, 0.29) is 12.0 Å². The average molecular weight is 695 g/mol. The van der Waals surface area contributed by atoms with Crippen molar-refractivity contribution < 1.29 is 14.3 Å². The Labute approximate surface area is 279 Å². The number of allylic oxidation sites excluding steroid dienone is 1. The number of aromatic nitrogens is 4. The summed E-state index contributed by atoms with van der Waals surface area (Å²) in [5, 5.41) is 5.93. The monoisotopic (exact) mass is 693 g/mol. The smallest absolute Gasteiger partial charge is 0.340 e. The number of piperidine rings is 1. The molecule has 1 aliphatic heterocycles. The van der Waals surface area contributed by atoms with E-state index in [0.717, 1.165) is 76.8 Å². The minimum absolute atomic E-state index is 0.231. The molecule has 0 radical (unpaired) electrons. The molecule has 1 aromatic carbocycles. The average Bonchev–Trinajstić information content (AvgIpc) is 3.63. The van der Waals surface area contributed by atoms with Crippen molar-refractivity contribution in [2.45, 2.75) is 85.4 Å². The van der Waals surface area contributed by atoms with E-state index in [2.05, 4.69) is 46.5 Å². The molecule has 1 aliphatic rings. The number of ether oxygens (including phenoxy) is 2. The van der Waals surface area contributed by atoms with Gasteiger partial charge in [-0.2, -0.15) is 9.61 Å². The number of carbonyl (C=O) groups excluding carboxylic acids is 1. The molecular formula is C35H44BrN5O3S. The molecule has 4 heterocycles. The van der Waals surface area contributed by atoms with Gasteiger partial charge in [0, 0.05) is 46.8 Å². The van der Waals surface area contributed by atoms with E-state index in [9.17, 15) is 4.79 Å². The molecule has 1 atom stereocenters. The van der Waals surface area contributed by atoms with E-state index < -0.39 is 17.7 Å².